The van der Waals surface area contributed by atoms with Gasteiger partial charge in [-0.15, -0.1) is 0 Å². The summed E-state index contributed by atoms with van der Waals surface area (Å²) in [6.45, 7) is 0. The summed E-state index contributed by atoms with van der Waals surface area (Å²) in [5.74, 6) is 1.03. The first kappa shape index (κ1) is 13.8. The molecule has 1 amide bonds. The summed E-state index contributed by atoms with van der Waals surface area (Å²) in [6, 6.07) is 3.85. The lowest BCUT2D eigenvalue weighted by molar-refractivity contribution is -0.128. The molecule has 0 atom stereocenters. The molecule has 19 heavy (non-hydrogen) atoms. The molecule has 2 rings (SSSR count). The molecule has 0 aliphatic heterocycles. The van der Waals surface area contributed by atoms with E-state index < -0.39 is 0 Å². The summed E-state index contributed by atoms with van der Waals surface area (Å²) < 4.78 is 0. The maximum atomic E-state index is 11.6. The molecule has 0 bridgehead atoms. The number of carbonyl (C=O) groups excluding carboxylic acids is 1. The molecule has 1 aliphatic rings. The van der Waals surface area contributed by atoms with Crippen molar-refractivity contribution in [1.82, 2.24) is 9.88 Å². The third kappa shape index (κ3) is 4.23. The fourth-order valence-corrected chi connectivity index (χ4v) is 2.10. The summed E-state index contributed by atoms with van der Waals surface area (Å²) in [4.78, 5) is 17.8. The quantitative estimate of drug-likeness (QED) is 0.852. The summed E-state index contributed by atoms with van der Waals surface area (Å²) in [5.41, 5.74) is 8.71. The Labute approximate surface area is 115 Å². The van der Waals surface area contributed by atoms with E-state index >= 15 is 0 Å². The van der Waals surface area contributed by atoms with Crippen LogP contribution in [0, 0.1) is 5.92 Å². The Hall–Kier alpha value is -1.58. The first-order valence-corrected chi connectivity index (χ1v) is 7.00. The van der Waals surface area contributed by atoms with Crippen LogP contribution in [-0.2, 0) is 17.6 Å². The molecule has 1 saturated carbocycles. The molecule has 0 spiro atoms. The van der Waals surface area contributed by atoms with Gasteiger partial charge in [0.25, 0.3) is 0 Å². The van der Waals surface area contributed by atoms with E-state index in [2.05, 4.69) is 4.98 Å². The third-order valence-corrected chi connectivity index (χ3v) is 3.65. The predicted molar refractivity (Wildman–Crippen MR) is 76.7 cm³/mol. The van der Waals surface area contributed by atoms with Crippen LogP contribution in [0.3, 0.4) is 0 Å². The normalized spacial score (nSPS) is 14.4. The predicted octanol–water partition coefficient (Wildman–Crippen LogP) is 2.03. The highest BCUT2D eigenvalue weighted by atomic mass is 16.2. The molecule has 1 heterocycles. The molecule has 0 radical (unpaired) electrons. The lowest BCUT2D eigenvalue weighted by atomic mass is 10.1. The zero-order valence-electron chi connectivity index (χ0n) is 11.9. The third-order valence-electron chi connectivity index (χ3n) is 3.65. The molecular weight excluding hydrogens is 238 g/mol. The Morgan fingerprint density at radius 3 is 2.74 bits per heavy atom. The van der Waals surface area contributed by atoms with E-state index in [0.29, 0.717) is 12.8 Å². The van der Waals surface area contributed by atoms with Gasteiger partial charge in [0.1, 0.15) is 0 Å². The number of nitrogens with two attached hydrogens (primary N) is 1. The lowest BCUT2D eigenvalue weighted by Crippen LogP contribution is -2.22. The first-order chi connectivity index (χ1) is 9.06. The van der Waals surface area contributed by atoms with Crippen molar-refractivity contribution < 1.29 is 4.79 Å². The molecule has 104 valence electrons. The molecule has 4 nitrogen and oxygen atoms in total. The second-order valence-corrected chi connectivity index (χ2v) is 5.61. The summed E-state index contributed by atoms with van der Waals surface area (Å²) in [5, 5.41) is 0. The highest BCUT2D eigenvalue weighted by Gasteiger charge is 2.21. The number of pyridine rings is 1. The van der Waals surface area contributed by atoms with Crippen molar-refractivity contribution in [2.75, 3.05) is 19.8 Å². The Morgan fingerprint density at radius 2 is 2.11 bits per heavy atom. The largest absolute Gasteiger partial charge is 0.397 e. The Kier molecular flexibility index (Phi) is 4.40. The number of hydrogen-bond donors (Lipinski definition) is 1. The molecule has 4 heteroatoms. The van der Waals surface area contributed by atoms with Crippen molar-refractivity contribution in [2.45, 2.75) is 38.5 Å². The number of amides is 1. The smallest absolute Gasteiger partial charge is 0.222 e. The average Bonchev–Trinajstić information content (AvgIpc) is 3.19. The lowest BCUT2D eigenvalue weighted by Gasteiger charge is -2.11. The number of nitrogen functional groups attached to an aromatic ring is 1. The van der Waals surface area contributed by atoms with Gasteiger partial charge >= 0.3 is 0 Å². The summed E-state index contributed by atoms with van der Waals surface area (Å²) >= 11 is 0. The van der Waals surface area contributed by atoms with Gasteiger partial charge in [0.2, 0.25) is 5.91 Å². The van der Waals surface area contributed by atoms with Crippen molar-refractivity contribution in [1.29, 1.82) is 0 Å². The molecule has 2 N–H and O–H groups in total. The number of anilines is 1. The van der Waals surface area contributed by atoms with Crippen molar-refractivity contribution in [3.8, 4) is 0 Å². The molecule has 1 aromatic heterocycles. The van der Waals surface area contributed by atoms with E-state index in [0.717, 1.165) is 29.4 Å². The standard InChI is InChI=1S/C15H23N3O/c1-18(2)15(19)10-7-12-6-8-13(16)14(17-12)9-5-11-3-4-11/h6,8,11H,3-5,7,9-10,16H2,1-2H3. The number of aromatic nitrogens is 1. The fourth-order valence-electron chi connectivity index (χ4n) is 2.10. The number of rotatable bonds is 6. The van der Waals surface area contributed by atoms with Gasteiger partial charge < -0.3 is 10.6 Å². The van der Waals surface area contributed by atoms with Crippen LogP contribution >= 0.6 is 0 Å². The average molecular weight is 261 g/mol. The number of aryl methyl sites for hydroxylation is 2. The van der Waals surface area contributed by atoms with Gasteiger partial charge in [0.15, 0.2) is 0 Å². The Bertz CT molecular complexity index is 453. The maximum absolute atomic E-state index is 11.6. The van der Waals surface area contributed by atoms with E-state index in [1.165, 1.54) is 19.3 Å². The van der Waals surface area contributed by atoms with E-state index in [1.807, 2.05) is 12.1 Å². The van der Waals surface area contributed by atoms with Crippen molar-refractivity contribution in [3.63, 3.8) is 0 Å². The molecule has 0 saturated heterocycles. The van der Waals surface area contributed by atoms with Crippen LogP contribution in [0.2, 0.25) is 0 Å². The minimum atomic E-state index is 0.137. The van der Waals surface area contributed by atoms with E-state index in [1.54, 1.807) is 19.0 Å². The molecule has 0 aromatic carbocycles. The van der Waals surface area contributed by atoms with Gasteiger partial charge in [0, 0.05) is 26.2 Å². The van der Waals surface area contributed by atoms with Crippen molar-refractivity contribution >= 4 is 11.6 Å². The molecule has 0 unspecified atom stereocenters. The van der Waals surface area contributed by atoms with Crippen LogP contribution in [0.25, 0.3) is 0 Å². The van der Waals surface area contributed by atoms with Crippen LogP contribution in [-0.4, -0.2) is 29.9 Å². The molecule has 1 aromatic rings. The van der Waals surface area contributed by atoms with Crippen LogP contribution in [0.5, 0.6) is 0 Å². The van der Waals surface area contributed by atoms with Crippen molar-refractivity contribution in [2.24, 2.45) is 5.92 Å². The van der Waals surface area contributed by atoms with E-state index in [9.17, 15) is 4.79 Å². The minimum Gasteiger partial charge on any atom is -0.397 e. The molecule has 1 fully saturated rings. The van der Waals surface area contributed by atoms with Crippen LogP contribution in [0.1, 0.15) is 37.1 Å². The van der Waals surface area contributed by atoms with Crippen molar-refractivity contribution in [3.05, 3.63) is 23.5 Å². The Morgan fingerprint density at radius 1 is 1.37 bits per heavy atom. The summed E-state index contributed by atoms with van der Waals surface area (Å²) in [7, 11) is 3.56. The highest BCUT2D eigenvalue weighted by molar-refractivity contribution is 5.75. The minimum absolute atomic E-state index is 0.137. The molecular formula is C15H23N3O. The number of hydrogen-bond acceptors (Lipinski definition) is 3. The SMILES string of the molecule is CN(C)C(=O)CCc1ccc(N)c(CCC2CC2)n1. The Balaban J connectivity index is 1.92. The zero-order chi connectivity index (χ0) is 13.8. The van der Waals surface area contributed by atoms with Crippen LogP contribution in [0.15, 0.2) is 12.1 Å². The number of nitrogens with zero attached hydrogens (tertiary/aromatic N) is 2. The van der Waals surface area contributed by atoms with Gasteiger partial charge in [-0.3, -0.25) is 9.78 Å². The first-order valence-electron chi connectivity index (χ1n) is 7.00. The zero-order valence-corrected chi connectivity index (χ0v) is 11.9. The van der Waals surface area contributed by atoms with Gasteiger partial charge in [-0.25, -0.2) is 0 Å². The van der Waals surface area contributed by atoms with E-state index in [-0.39, 0.29) is 5.91 Å². The van der Waals surface area contributed by atoms with Gasteiger partial charge in [-0.2, -0.15) is 0 Å². The van der Waals surface area contributed by atoms with Gasteiger partial charge in [0.05, 0.1) is 11.4 Å². The maximum Gasteiger partial charge on any atom is 0.222 e. The monoisotopic (exact) mass is 261 g/mol. The second-order valence-electron chi connectivity index (χ2n) is 5.61. The van der Waals surface area contributed by atoms with Gasteiger partial charge in [-0.1, -0.05) is 12.8 Å². The second kappa shape index (κ2) is 6.04. The number of carbonyl (C=O) groups is 1. The van der Waals surface area contributed by atoms with Gasteiger partial charge in [-0.05, 0) is 37.3 Å². The van der Waals surface area contributed by atoms with Crippen LogP contribution in [0.4, 0.5) is 5.69 Å². The fraction of sp³-hybridized carbons (Fsp3) is 0.600. The molecule has 1 aliphatic carbocycles. The summed E-state index contributed by atoms with van der Waals surface area (Å²) in [6.07, 6.45) is 6.07. The van der Waals surface area contributed by atoms with E-state index in [4.69, 9.17) is 5.73 Å². The highest BCUT2D eigenvalue weighted by Crippen LogP contribution is 2.33. The topological polar surface area (TPSA) is 59.2 Å². The van der Waals surface area contributed by atoms with Crippen LogP contribution < -0.4 is 5.73 Å².